The number of rotatable bonds is 5. The molecule has 1 aliphatic heterocycles. The number of para-hydroxylation sites is 1. The third kappa shape index (κ3) is 5.17. The van der Waals surface area contributed by atoms with Crippen molar-refractivity contribution in [2.45, 2.75) is 63.1 Å². The molecule has 1 unspecified atom stereocenters. The maximum atomic E-state index is 11.6. The average Bonchev–Trinajstić information content (AvgIpc) is 3.03. The molecule has 0 radical (unpaired) electrons. The minimum Gasteiger partial charge on any atom is -0.487 e. The summed E-state index contributed by atoms with van der Waals surface area (Å²) in [5.41, 5.74) is 0.407. The molecule has 1 heterocycles. The molecule has 28 heavy (non-hydrogen) atoms. The van der Waals surface area contributed by atoms with Gasteiger partial charge in [0, 0.05) is 31.1 Å². The molecule has 1 spiro atoms. The van der Waals surface area contributed by atoms with E-state index in [4.69, 9.17) is 4.74 Å². The van der Waals surface area contributed by atoms with Crippen LogP contribution in [0.15, 0.2) is 29.3 Å². The summed E-state index contributed by atoms with van der Waals surface area (Å²) in [4.78, 5) is 4.35. The van der Waals surface area contributed by atoms with E-state index in [2.05, 4.69) is 26.4 Å². The molecule has 0 aromatic heterocycles. The highest BCUT2D eigenvalue weighted by atomic mass is 32.2. The van der Waals surface area contributed by atoms with Crippen molar-refractivity contribution in [1.82, 2.24) is 15.4 Å². The lowest BCUT2D eigenvalue weighted by molar-refractivity contribution is 0.0396. The molecule has 2 aliphatic rings. The van der Waals surface area contributed by atoms with Crippen LogP contribution in [0.25, 0.3) is 0 Å². The molecule has 3 N–H and O–H groups in total. The van der Waals surface area contributed by atoms with E-state index in [9.17, 15) is 8.42 Å². The predicted molar refractivity (Wildman–Crippen MR) is 112 cm³/mol. The van der Waals surface area contributed by atoms with E-state index < -0.39 is 15.6 Å². The summed E-state index contributed by atoms with van der Waals surface area (Å²) in [6, 6.07) is 8.27. The fourth-order valence-corrected chi connectivity index (χ4v) is 5.35. The van der Waals surface area contributed by atoms with Crippen molar-refractivity contribution in [3.63, 3.8) is 0 Å². The number of hydrogen-bond acceptors (Lipinski definition) is 4. The summed E-state index contributed by atoms with van der Waals surface area (Å²) in [5.74, 6) is 1.60. The molecule has 1 aliphatic carbocycles. The Kier molecular flexibility index (Phi) is 5.91. The van der Waals surface area contributed by atoms with E-state index >= 15 is 0 Å². The minimum absolute atomic E-state index is 0.0953. The van der Waals surface area contributed by atoms with E-state index in [1.165, 1.54) is 19.1 Å². The molecule has 7 nitrogen and oxygen atoms in total. The van der Waals surface area contributed by atoms with Gasteiger partial charge in [-0.05, 0) is 45.6 Å². The van der Waals surface area contributed by atoms with E-state index in [1.54, 1.807) is 7.05 Å². The highest BCUT2D eigenvalue weighted by Gasteiger charge is 2.43. The lowest BCUT2D eigenvalue weighted by Crippen LogP contribution is -2.54. The Morgan fingerprint density at radius 1 is 1.29 bits per heavy atom. The maximum absolute atomic E-state index is 11.6. The average molecular weight is 409 g/mol. The van der Waals surface area contributed by atoms with Gasteiger partial charge in [-0.25, -0.2) is 13.1 Å². The third-order valence-corrected chi connectivity index (χ3v) is 6.33. The number of sulfonamides is 1. The Balaban J connectivity index is 1.71. The van der Waals surface area contributed by atoms with Gasteiger partial charge in [-0.1, -0.05) is 18.2 Å². The summed E-state index contributed by atoms with van der Waals surface area (Å²) >= 11 is 0. The van der Waals surface area contributed by atoms with Gasteiger partial charge in [0.15, 0.2) is 5.96 Å². The third-order valence-electron chi connectivity index (χ3n) is 5.41. The minimum atomic E-state index is -3.29. The molecule has 1 atom stereocenters. The van der Waals surface area contributed by atoms with E-state index in [0.717, 1.165) is 30.6 Å². The van der Waals surface area contributed by atoms with Gasteiger partial charge in [-0.3, -0.25) is 4.99 Å². The van der Waals surface area contributed by atoms with Crippen LogP contribution < -0.4 is 20.1 Å². The number of fused-ring (bicyclic) bond motifs is 1. The van der Waals surface area contributed by atoms with Crippen molar-refractivity contribution in [3.8, 4) is 5.75 Å². The van der Waals surface area contributed by atoms with E-state index in [-0.39, 0.29) is 11.6 Å². The fraction of sp³-hybridized carbons (Fsp3) is 0.650. The van der Waals surface area contributed by atoms with Crippen LogP contribution in [-0.4, -0.2) is 45.4 Å². The predicted octanol–water partition coefficient (Wildman–Crippen LogP) is 2.32. The normalized spacial score (nSPS) is 21.9. The summed E-state index contributed by atoms with van der Waals surface area (Å²) in [6.45, 7) is 4.09. The van der Waals surface area contributed by atoms with Crippen molar-refractivity contribution in [2.75, 3.05) is 19.8 Å². The number of ether oxygens (including phenoxy) is 1. The van der Waals surface area contributed by atoms with Gasteiger partial charge in [-0.2, -0.15) is 0 Å². The van der Waals surface area contributed by atoms with Crippen LogP contribution in [0.3, 0.4) is 0 Å². The second-order valence-electron chi connectivity index (χ2n) is 8.61. The molecule has 156 valence electrons. The number of aliphatic imine (C=N–C) groups is 1. The molecule has 0 amide bonds. The number of hydrogen-bond donors (Lipinski definition) is 3. The van der Waals surface area contributed by atoms with Gasteiger partial charge in [0.05, 0.1) is 12.3 Å². The van der Waals surface area contributed by atoms with Crippen LogP contribution >= 0.6 is 0 Å². The molecule has 1 aromatic rings. The first-order valence-electron chi connectivity index (χ1n) is 9.86. The summed E-state index contributed by atoms with van der Waals surface area (Å²) < 4.78 is 32.2. The SMILES string of the molecule is CN=C(NCC(C)(C)NS(C)(=O)=O)NC1CC2(CCCC2)Oc2ccccc21. The summed E-state index contributed by atoms with van der Waals surface area (Å²) in [7, 11) is -1.56. The molecule has 8 heteroatoms. The molecular formula is C20H32N4O3S. The van der Waals surface area contributed by atoms with Crippen molar-refractivity contribution in [2.24, 2.45) is 4.99 Å². The second-order valence-corrected chi connectivity index (χ2v) is 10.4. The smallest absolute Gasteiger partial charge is 0.209 e. The molecule has 0 saturated heterocycles. The Morgan fingerprint density at radius 2 is 1.96 bits per heavy atom. The van der Waals surface area contributed by atoms with Gasteiger partial charge in [0.2, 0.25) is 10.0 Å². The van der Waals surface area contributed by atoms with Crippen LogP contribution in [-0.2, 0) is 10.0 Å². The number of guanidine groups is 1. The van der Waals surface area contributed by atoms with Crippen LogP contribution in [0, 0.1) is 0 Å². The lowest BCUT2D eigenvalue weighted by Gasteiger charge is -2.40. The van der Waals surface area contributed by atoms with Crippen molar-refractivity contribution in [3.05, 3.63) is 29.8 Å². The largest absolute Gasteiger partial charge is 0.487 e. The second kappa shape index (κ2) is 7.91. The zero-order valence-electron chi connectivity index (χ0n) is 17.2. The lowest BCUT2D eigenvalue weighted by atomic mass is 9.86. The number of nitrogens with zero attached hydrogens (tertiary/aromatic N) is 1. The van der Waals surface area contributed by atoms with Gasteiger partial charge in [0.25, 0.3) is 0 Å². The van der Waals surface area contributed by atoms with Gasteiger partial charge < -0.3 is 15.4 Å². The fourth-order valence-electron chi connectivity index (χ4n) is 4.27. The van der Waals surface area contributed by atoms with Crippen LogP contribution in [0.4, 0.5) is 0 Å². The summed E-state index contributed by atoms with van der Waals surface area (Å²) in [6.07, 6.45) is 6.63. The topological polar surface area (TPSA) is 91.8 Å². The number of benzene rings is 1. The van der Waals surface area contributed by atoms with Crippen LogP contribution in [0.2, 0.25) is 0 Å². The van der Waals surface area contributed by atoms with Crippen molar-refractivity contribution in [1.29, 1.82) is 0 Å². The maximum Gasteiger partial charge on any atom is 0.209 e. The monoisotopic (exact) mass is 408 g/mol. The van der Waals surface area contributed by atoms with Crippen LogP contribution in [0.1, 0.15) is 57.6 Å². The van der Waals surface area contributed by atoms with Crippen molar-refractivity contribution >= 4 is 16.0 Å². The Morgan fingerprint density at radius 3 is 2.61 bits per heavy atom. The first kappa shape index (κ1) is 20.9. The molecular weight excluding hydrogens is 376 g/mol. The quantitative estimate of drug-likeness (QED) is 0.514. The Labute approximate surface area is 168 Å². The van der Waals surface area contributed by atoms with Gasteiger partial charge >= 0.3 is 0 Å². The highest BCUT2D eigenvalue weighted by Crippen LogP contribution is 2.46. The standard InChI is InChI=1S/C20H32N4O3S/c1-19(2,24-28(4,25)26)14-22-18(21-3)23-16-13-20(11-7-8-12-20)27-17-10-6-5-9-15(16)17/h5-6,9-10,16,24H,7-8,11-14H2,1-4H3,(H2,21,22,23). The molecule has 3 rings (SSSR count). The first-order valence-corrected chi connectivity index (χ1v) is 11.7. The van der Waals surface area contributed by atoms with E-state index in [0.29, 0.717) is 12.5 Å². The molecule has 1 fully saturated rings. The molecule has 0 bridgehead atoms. The highest BCUT2D eigenvalue weighted by molar-refractivity contribution is 7.88. The molecule has 1 saturated carbocycles. The number of nitrogens with one attached hydrogen (secondary N) is 3. The Bertz CT molecular complexity index is 830. The first-order chi connectivity index (χ1) is 13.1. The zero-order chi connectivity index (χ0) is 20.4. The zero-order valence-corrected chi connectivity index (χ0v) is 18.0. The van der Waals surface area contributed by atoms with Gasteiger partial charge in [-0.15, -0.1) is 0 Å². The Hall–Kier alpha value is -1.80. The van der Waals surface area contributed by atoms with E-state index in [1.807, 2.05) is 32.0 Å². The van der Waals surface area contributed by atoms with Crippen molar-refractivity contribution < 1.29 is 13.2 Å². The molecule has 1 aromatic carbocycles. The van der Waals surface area contributed by atoms with Crippen LogP contribution in [0.5, 0.6) is 5.75 Å². The summed E-state index contributed by atoms with van der Waals surface area (Å²) in [5, 5.41) is 6.79. The van der Waals surface area contributed by atoms with Gasteiger partial charge in [0.1, 0.15) is 11.4 Å².